The highest BCUT2D eigenvalue weighted by Crippen LogP contribution is 2.29. The molecule has 13 heavy (non-hydrogen) atoms. The van der Waals surface area contributed by atoms with Gasteiger partial charge in [0.2, 0.25) is 14.2 Å². The number of aromatic nitrogens is 1. The highest BCUT2D eigenvalue weighted by molar-refractivity contribution is 7.92. The zero-order valence-electron chi connectivity index (χ0n) is 8.16. The summed E-state index contributed by atoms with van der Waals surface area (Å²) in [6.45, 7) is 6.10. The van der Waals surface area contributed by atoms with Gasteiger partial charge in [-0.2, -0.15) is 0 Å². The SMILES string of the molecule is CC(C)(C)c1cnc(S(C)(=O)=O)s1. The Morgan fingerprint density at radius 3 is 2.15 bits per heavy atom. The van der Waals surface area contributed by atoms with E-state index >= 15 is 0 Å². The predicted octanol–water partition coefficient (Wildman–Crippen LogP) is 1.84. The lowest BCUT2D eigenvalue weighted by Gasteiger charge is -2.14. The summed E-state index contributed by atoms with van der Waals surface area (Å²) in [5.41, 5.74) is -0.0272. The fraction of sp³-hybridized carbons (Fsp3) is 0.625. The van der Waals surface area contributed by atoms with Crippen LogP contribution in [0.1, 0.15) is 25.6 Å². The van der Waals surface area contributed by atoms with Crippen molar-refractivity contribution < 1.29 is 8.42 Å². The summed E-state index contributed by atoms with van der Waals surface area (Å²) < 4.78 is 22.4. The van der Waals surface area contributed by atoms with Gasteiger partial charge in [0.25, 0.3) is 0 Å². The van der Waals surface area contributed by atoms with E-state index in [2.05, 4.69) is 4.98 Å². The first-order chi connectivity index (χ1) is 5.71. The first-order valence-corrected chi connectivity index (χ1v) is 6.58. The van der Waals surface area contributed by atoms with Gasteiger partial charge in [-0.3, -0.25) is 0 Å². The highest BCUT2D eigenvalue weighted by Gasteiger charge is 2.20. The zero-order chi connectivity index (χ0) is 10.3. The Labute approximate surface area is 82.7 Å². The van der Waals surface area contributed by atoms with Gasteiger partial charge < -0.3 is 0 Å². The molecule has 0 aliphatic rings. The molecule has 3 nitrogen and oxygen atoms in total. The van der Waals surface area contributed by atoms with Gasteiger partial charge in [-0.25, -0.2) is 13.4 Å². The maximum atomic E-state index is 11.1. The minimum atomic E-state index is -3.13. The van der Waals surface area contributed by atoms with Crippen molar-refractivity contribution in [3.63, 3.8) is 0 Å². The van der Waals surface area contributed by atoms with E-state index in [1.165, 1.54) is 17.6 Å². The van der Waals surface area contributed by atoms with Crippen molar-refractivity contribution >= 4 is 21.2 Å². The molecule has 1 rings (SSSR count). The summed E-state index contributed by atoms with van der Waals surface area (Å²) >= 11 is 1.25. The van der Waals surface area contributed by atoms with Crippen LogP contribution in [0.3, 0.4) is 0 Å². The average molecular weight is 219 g/mol. The Hall–Kier alpha value is -0.420. The number of sulfone groups is 1. The molecule has 0 aliphatic heterocycles. The summed E-state index contributed by atoms with van der Waals surface area (Å²) in [5.74, 6) is 0. The topological polar surface area (TPSA) is 47.0 Å². The number of nitrogens with zero attached hydrogens (tertiary/aromatic N) is 1. The lowest BCUT2D eigenvalue weighted by molar-refractivity contribution is 0.599. The molecule has 0 radical (unpaired) electrons. The molecule has 0 bridgehead atoms. The summed E-state index contributed by atoms with van der Waals surface area (Å²) in [6, 6.07) is 0. The third-order valence-electron chi connectivity index (χ3n) is 1.54. The molecule has 1 heterocycles. The van der Waals surface area contributed by atoms with Crippen LogP contribution in [0.5, 0.6) is 0 Å². The fourth-order valence-corrected chi connectivity index (χ4v) is 2.60. The van der Waals surface area contributed by atoms with Crippen LogP contribution in [0.2, 0.25) is 0 Å². The van der Waals surface area contributed by atoms with Crippen molar-refractivity contribution in [3.05, 3.63) is 11.1 Å². The van der Waals surface area contributed by atoms with Crippen molar-refractivity contribution in [3.8, 4) is 0 Å². The molecule has 1 aromatic rings. The molecule has 0 spiro atoms. The number of hydrogen-bond acceptors (Lipinski definition) is 4. The summed E-state index contributed by atoms with van der Waals surface area (Å²) in [7, 11) is -3.13. The van der Waals surface area contributed by atoms with Gasteiger partial charge in [0.05, 0.1) is 0 Å². The second-order valence-electron chi connectivity index (χ2n) is 4.01. The molecule has 0 fully saturated rings. The molecular formula is C8H13NO2S2. The summed E-state index contributed by atoms with van der Waals surface area (Å²) in [6.07, 6.45) is 2.82. The third-order valence-corrected chi connectivity index (χ3v) is 4.66. The molecule has 0 N–H and O–H groups in total. The standard InChI is InChI=1S/C8H13NO2S2/c1-8(2,3)6-5-9-7(12-6)13(4,10)11/h5H,1-4H3. The number of rotatable bonds is 1. The van der Waals surface area contributed by atoms with Crippen molar-refractivity contribution in [2.24, 2.45) is 0 Å². The second kappa shape index (κ2) is 3.06. The van der Waals surface area contributed by atoms with Gasteiger partial charge in [-0.15, -0.1) is 11.3 Å². The van der Waals surface area contributed by atoms with Crippen molar-refractivity contribution in [1.82, 2.24) is 4.98 Å². The maximum absolute atomic E-state index is 11.1. The minimum absolute atomic E-state index is 0.0272. The molecule has 0 unspecified atom stereocenters. The van der Waals surface area contributed by atoms with Crippen LogP contribution in [-0.2, 0) is 15.3 Å². The van der Waals surface area contributed by atoms with Crippen molar-refractivity contribution in [2.75, 3.05) is 6.26 Å². The normalized spacial score (nSPS) is 13.2. The molecule has 74 valence electrons. The van der Waals surface area contributed by atoms with Crippen LogP contribution < -0.4 is 0 Å². The zero-order valence-corrected chi connectivity index (χ0v) is 9.79. The van der Waals surface area contributed by atoms with Crippen LogP contribution in [-0.4, -0.2) is 19.7 Å². The van der Waals surface area contributed by atoms with Crippen molar-refractivity contribution in [1.29, 1.82) is 0 Å². The predicted molar refractivity (Wildman–Crippen MR) is 53.9 cm³/mol. The van der Waals surface area contributed by atoms with Crippen molar-refractivity contribution in [2.45, 2.75) is 30.5 Å². The molecule has 0 amide bonds. The Balaban J connectivity index is 3.16. The van der Waals surface area contributed by atoms with E-state index < -0.39 is 9.84 Å². The van der Waals surface area contributed by atoms with Gasteiger partial charge in [0, 0.05) is 17.3 Å². The van der Waals surface area contributed by atoms with Gasteiger partial charge in [-0.05, 0) is 5.41 Å². The smallest absolute Gasteiger partial charge is 0.209 e. The first kappa shape index (κ1) is 10.7. The van der Waals surface area contributed by atoms with E-state index in [1.54, 1.807) is 6.20 Å². The quantitative estimate of drug-likeness (QED) is 0.724. The van der Waals surface area contributed by atoms with Crippen LogP contribution in [0, 0.1) is 0 Å². The van der Waals surface area contributed by atoms with Crippen LogP contribution >= 0.6 is 11.3 Å². The van der Waals surface area contributed by atoms with E-state index in [-0.39, 0.29) is 9.75 Å². The molecule has 0 saturated heterocycles. The van der Waals surface area contributed by atoms with Crippen LogP contribution in [0.4, 0.5) is 0 Å². The van der Waals surface area contributed by atoms with Crippen LogP contribution in [0.15, 0.2) is 10.5 Å². The highest BCUT2D eigenvalue weighted by atomic mass is 32.2. The molecule has 0 saturated carbocycles. The van der Waals surface area contributed by atoms with Gasteiger partial charge >= 0.3 is 0 Å². The largest absolute Gasteiger partial charge is 0.233 e. The van der Waals surface area contributed by atoms with E-state index in [4.69, 9.17) is 0 Å². The monoisotopic (exact) mass is 219 g/mol. The maximum Gasteiger partial charge on any atom is 0.209 e. The Morgan fingerprint density at radius 1 is 1.38 bits per heavy atom. The van der Waals surface area contributed by atoms with E-state index in [0.29, 0.717) is 0 Å². The summed E-state index contributed by atoms with van der Waals surface area (Å²) in [5, 5.41) is 0. The minimum Gasteiger partial charge on any atom is -0.233 e. The van der Waals surface area contributed by atoms with Gasteiger partial charge in [0.15, 0.2) is 0 Å². The molecule has 0 aliphatic carbocycles. The molecule has 5 heteroatoms. The van der Waals surface area contributed by atoms with Crippen LogP contribution in [0.25, 0.3) is 0 Å². The Morgan fingerprint density at radius 2 is 1.92 bits per heavy atom. The van der Waals surface area contributed by atoms with Gasteiger partial charge in [-0.1, -0.05) is 20.8 Å². The number of hydrogen-bond donors (Lipinski definition) is 0. The van der Waals surface area contributed by atoms with E-state index in [9.17, 15) is 8.42 Å². The fourth-order valence-electron chi connectivity index (χ4n) is 0.776. The Bertz CT molecular complexity index is 398. The lowest BCUT2D eigenvalue weighted by Crippen LogP contribution is -2.07. The molecular weight excluding hydrogens is 206 g/mol. The number of thiazole rings is 1. The van der Waals surface area contributed by atoms with Gasteiger partial charge in [0.1, 0.15) is 0 Å². The average Bonchev–Trinajstić information content (AvgIpc) is 2.28. The molecule has 0 aromatic carbocycles. The third kappa shape index (κ3) is 2.51. The summed E-state index contributed by atoms with van der Waals surface area (Å²) in [4.78, 5) is 4.88. The van der Waals surface area contributed by atoms with E-state index in [1.807, 2.05) is 20.8 Å². The molecule has 1 aromatic heterocycles. The first-order valence-electron chi connectivity index (χ1n) is 3.87. The Kier molecular flexibility index (Phi) is 2.51. The van der Waals surface area contributed by atoms with E-state index in [0.717, 1.165) is 4.88 Å². The lowest BCUT2D eigenvalue weighted by atomic mass is 9.96. The second-order valence-corrected chi connectivity index (χ2v) is 7.23. The molecule has 0 atom stereocenters.